The van der Waals surface area contributed by atoms with Crippen molar-refractivity contribution in [3.05, 3.63) is 18.2 Å². The van der Waals surface area contributed by atoms with Gasteiger partial charge in [0.1, 0.15) is 6.04 Å². The van der Waals surface area contributed by atoms with Crippen molar-refractivity contribution in [3.8, 4) is 11.5 Å². The summed E-state index contributed by atoms with van der Waals surface area (Å²) in [5.74, 6) is 0.347. The van der Waals surface area contributed by atoms with Gasteiger partial charge < -0.3 is 19.5 Å². The zero-order valence-corrected chi connectivity index (χ0v) is 17.1. The molecule has 1 fully saturated rings. The molecule has 1 saturated heterocycles. The molecule has 0 aromatic heterocycles. The predicted molar refractivity (Wildman–Crippen MR) is 103 cm³/mol. The number of amides is 1. The molecule has 2 atom stereocenters. The monoisotopic (exact) mass is 412 g/mol. The average Bonchev–Trinajstić information content (AvgIpc) is 2.91. The van der Waals surface area contributed by atoms with E-state index in [1.165, 1.54) is 12.1 Å². The van der Waals surface area contributed by atoms with Crippen LogP contribution < -0.4 is 19.5 Å². The standard InChI is InChI=1S/C19H28N2O6S/c1-13(2)18(19(22)20-14-5-3-8-25-12-14)21-28(23,24)15-6-7-16-17(11-15)27-10-4-9-26-16/h6-7,11,13-14,18,21H,3-5,8-10,12H2,1-2H3,(H,20,22). The third-order valence-corrected chi connectivity index (χ3v) is 6.21. The molecule has 8 nitrogen and oxygen atoms in total. The third kappa shape index (κ3) is 5.15. The van der Waals surface area contributed by atoms with Crippen molar-refractivity contribution >= 4 is 15.9 Å². The first kappa shape index (κ1) is 20.9. The zero-order chi connectivity index (χ0) is 20.1. The number of sulfonamides is 1. The number of nitrogens with one attached hydrogen (secondary N) is 2. The summed E-state index contributed by atoms with van der Waals surface area (Å²) in [6.45, 7) is 5.74. The van der Waals surface area contributed by atoms with Crippen molar-refractivity contribution in [3.63, 3.8) is 0 Å². The lowest BCUT2D eigenvalue weighted by atomic mass is 10.0. The van der Waals surface area contributed by atoms with Crippen molar-refractivity contribution < 1.29 is 27.4 Å². The van der Waals surface area contributed by atoms with Crippen LogP contribution in [0.25, 0.3) is 0 Å². The number of fused-ring (bicyclic) bond motifs is 1. The Morgan fingerprint density at radius 3 is 2.54 bits per heavy atom. The normalized spacial score (nSPS) is 21.0. The van der Waals surface area contributed by atoms with E-state index in [0.29, 0.717) is 37.9 Å². The fourth-order valence-corrected chi connectivity index (χ4v) is 4.54. The molecule has 2 unspecified atom stereocenters. The van der Waals surface area contributed by atoms with Gasteiger partial charge in [0.15, 0.2) is 11.5 Å². The number of hydrogen-bond acceptors (Lipinski definition) is 6. The summed E-state index contributed by atoms with van der Waals surface area (Å²) in [7, 11) is -3.91. The van der Waals surface area contributed by atoms with Crippen LogP contribution in [-0.4, -0.2) is 52.8 Å². The first-order valence-corrected chi connectivity index (χ1v) is 11.2. The Balaban J connectivity index is 1.74. The van der Waals surface area contributed by atoms with E-state index < -0.39 is 16.1 Å². The molecule has 0 bridgehead atoms. The Morgan fingerprint density at radius 2 is 1.86 bits per heavy atom. The third-order valence-electron chi connectivity index (χ3n) is 4.77. The van der Waals surface area contributed by atoms with Crippen LogP contribution in [0.4, 0.5) is 0 Å². The Labute approximate surface area is 166 Å². The van der Waals surface area contributed by atoms with Crippen LogP contribution in [0.5, 0.6) is 11.5 Å². The molecule has 0 radical (unpaired) electrons. The summed E-state index contributed by atoms with van der Waals surface area (Å²) in [4.78, 5) is 12.7. The van der Waals surface area contributed by atoms with Gasteiger partial charge in [-0.05, 0) is 30.9 Å². The Kier molecular flexibility index (Phi) is 6.79. The molecule has 0 spiro atoms. The molecule has 0 aliphatic carbocycles. The minimum atomic E-state index is -3.91. The molecule has 2 N–H and O–H groups in total. The molecule has 0 saturated carbocycles. The number of rotatable bonds is 6. The summed E-state index contributed by atoms with van der Waals surface area (Å²) in [6, 6.07) is 3.50. The minimum absolute atomic E-state index is 0.0381. The Hall–Kier alpha value is -1.84. The van der Waals surface area contributed by atoms with Gasteiger partial charge in [0.2, 0.25) is 15.9 Å². The number of benzene rings is 1. The van der Waals surface area contributed by atoms with Crippen LogP contribution in [0, 0.1) is 5.92 Å². The highest BCUT2D eigenvalue weighted by Crippen LogP contribution is 2.32. The molecule has 2 aliphatic heterocycles. The predicted octanol–water partition coefficient (Wildman–Crippen LogP) is 1.45. The van der Waals surface area contributed by atoms with Crippen molar-refractivity contribution in [2.75, 3.05) is 26.4 Å². The first-order valence-electron chi connectivity index (χ1n) is 9.67. The molecule has 3 rings (SSSR count). The molecule has 28 heavy (non-hydrogen) atoms. The summed E-state index contributed by atoms with van der Waals surface area (Å²) in [5.41, 5.74) is 0. The van der Waals surface area contributed by atoms with Gasteiger partial charge in [0.05, 0.1) is 30.8 Å². The lowest BCUT2D eigenvalue weighted by Crippen LogP contribution is -2.53. The molecule has 2 heterocycles. The number of carbonyl (C=O) groups is 1. The second kappa shape index (κ2) is 9.11. The van der Waals surface area contributed by atoms with Gasteiger partial charge in [0, 0.05) is 19.1 Å². The van der Waals surface area contributed by atoms with Crippen LogP contribution in [0.2, 0.25) is 0 Å². The van der Waals surface area contributed by atoms with Crippen molar-refractivity contribution in [1.82, 2.24) is 10.0 Å². The van der Waals surface area contributed by atoms with E-state index in [-0.39, 0.29) is 22.8 Å². The number of ether oxygens (including phenoxy) is 3. The van der Waals surface area contributed by atoms with E-state index >= 15 is 0 Å². The van der Waals surface area contributed by atoms with E-state index in [1.54, 1.807) is 19.9 Å². The van der Waals surface area contributed by atoms with Gasteiger partial charge in [-0.25, -0.2) is 8.42 Å². The summed E-state index contributed by atoms with van der Waals surface area (Å²) >= 11 is 0. The van der Waals surface area contributed by atoms with E-state index in [2.05, 4.69) is 10.0 Å². The largest absolute Gasteiger partial charge is 0.490 e. The highest BCUT2D eigenvalue weighted by molar-refractivity contribution is 7.89. The second-order valence-electron chi connectivity index (χ2n) is 7.42. The summed E-state index contributed by atoms with van der Waals surface area (Å²) < 4.78 is 44.8. The maximum absolute atomic E-state index is 12.9. The van der Waals surface area contributed by atoms with E-state index in [9.17, 15) is 13.2 Å². The molecule has 9 heteroatoms. The highest BCUT2D eigenvalue weighted by atomic mass is 32.2. The van der Waals surface area contributed by atoms with Gasteiger partial charge in [-0.2, -0.15) is 4.72 Å². The van der Waals surface area contributed by atoms with Crippen LogP contribution in [0.3, 0.4) is 0 Å². The fraction of sp³-hybridized carbons (Fsp3) is 0.632. The quantitative estimate of drug-likeness (QED) is 0.733. The molecular formula is C19H28N2O6S. The van der Waals surface area contributed by atoms with Crippen LogP contribution in [0.15, 0.2) is 23.1 Å². The first-order chi connectivity index (χ1) is 13.4. The zero-order valence-electron chi connectivity index (χ0n) is 16.3. The van der Waals surface area contributed by atoms with Gasteiger partial charge >= 0.3 is 0 Å². The minimum Gasteiger partial charge on any atom is -0.490 e. The van der Waals surface area contributed by atoms with Gasteiger partial charge in [-0.3, -0.25) is 4.79 Å². The van der Waals surface area contributed by atoms with E-state index in [4.69, 9.17) is 14.2 Å². The van der Waals surface area contributed by atoms with Crippen LogP contribution in [0.1, 0.15) is 33.1 Å². The topological polar surface area (TPSA) is 103 Å². The smallest absolute Gasteiger partial charge is 0.241 e. The van der Waals surface area contributed by atoms with E-state index in [1.807, 2.05) is 0 Å². The SMILES string of the molecule is CC(C)C(NS(=O)(=O)c1ccc2c(c1)OCCCO2)C(=O)NC1CCCOC1. The molecule has 156 valence electrons. The van der Waals surface area contributed by atoms with Gasteiger partial charge in [-0.15, -0.1) is 0 Å². The van der Waals surface area contributed by atoms with E-state index in [0.717, 1.165) is 19.3 Å². The number of hydrogen-bond donors (Lipinski definition) is 2. The molecule has 1 aromatic rings. The average molecular weight is 413 g/mol. The van der Waals surface area contributed by atoms with Crippen LogP contribution in [-0.2, 0) is 19.6 Å². The maximum Gasteiger partial charge on any atom is 0.241 e. The maximum atomic E-state index is 12.9. The van der Waals surface area contributed by atoms with Crippen molar-refractivity contribution in [2.45, 2.75) is 50.1 Å². The Morgan fingerprint density at radius 1 is 1.11 bits per heavy atom. The number of carbonyl (C=O) groups excluding carboxylic acids is 1. The van der Waals surface area contributed by atoms with Crippen LogP contribution >= 0.6 is 0 Å². The van der Waals surface area contributed by atoms with Gasteiger partial charge in [-0.1, -0.05) is 13.8 Å². The van der Waals surface area contributed by atoms with Gasteiger partial charge in [0.25, 0.3) is 0 Å². The highest BCUT2D eigenvalue weighted by Gasteiger charge is 2.30. The molecular weight excluding hydrogens is 384 g/mol. The lowest BCUT2D eigenvalue weighted by Gasteiger charge is -2.27. The summed E-state index contributed by atoms with van der Waals surface area (Å²) in [6.07, 6.45) is 2.43. The molecule has 1 amide bonds. The van der Waals surface area contributed by atoms with Crippen molar-refractivity contribution in [1.29, 1.82) is 0 Å². The fourth-order valence-electron chi connectivity index (χ4n) is 3.18. The summed E-state index contributed by atoms with van der Waals surface area (Å²) in [5, 5.41) is 2.90. The Bertz CT molecular complexity index is 790. The van der Waals surface area contributed by atoms with Crippen molar-refractivity contribution in [2.24, 2.45) is 5.92 Å². The second-order valence-corrected chi connectivity index (χ2v) is 9.14. The lowest BCUT2D eigenvalue weighted by molar-refractivity contribution is -0.125. The molecule has 1 aromatic carbocycles. The molecule has 2 aliphatic rings.